The predicted molar refractivity (Wildman–Crippen MR) is 85.4 cm³/mol. The van der Waals surface area contributed by atoms with Crippen molar-refractivity contribution >= 4 is 17.4 Å². The van der Waals surface area contributed by atoms with Crippen LogP contribution in [0.15, 0.2) is 24.3 Å². The minimum absolute atomic E-state index is 0.0148. The van der Waals surface area contributed by atoms with Crippen molar-refractivity contribution in [2.75, 3.05) is 38.2 Å². The number of likely N-dealkylation sites (tertiary alicyclic amines) is 1. The van der Waals surface area contributed by atoms with E-state index in [9.17, 15) is 9.59 Å². The molecular weight excluding hydrogens is 296 g/mol. The fourth-order valence-corrected chi connectivity index (χ4v) is 3.06. The number of Topliss-reactive ketones (excluding diaryl/α,β-unsaturated/α-hetero) is 1. The van der Waals surface area contributed by atoms with Gasteiger partial charge in [0, 0.05) is 37.2 Å². The number of hydrogen-bond acceptors (Lipinski definition) is 5. The Bertz CT molecular complexity index is 586. The molecule has 1 spiro atoms. The first kappa shape index (κ1) is 16.1. The largest absolute Gasteiger partial charge is 0.347 e. The molecule has 23 heavy (non-hydrogen) atoms. The van der Waals surface area contributed by atoms with Gasteiger partial charge < -0.3 is 14.8 Å². The Morgan fingerprint density at radius 2 is 1.91 bits per heavy atom. The topological polar surface area (TPSA) is 67.9 Å². The van der Waals surface area contributed by atoms with E-state index in [1.807, 2.05) is 0 Å². The lowest BCUT2D eigenvalue weighted by Gasteiger charge is -2.37. The summed E-state index contributed by atoms with van der Waals surface area (Å²) in [5.41, 5.74) is 1.25. The highest BCUT2D eigenvalue weighted by Crippen LogP contribution is 2.31. The van der Waals surface area contributed by atoms with Crippen LogP contribution in [0.4, 0.5) is 5.69 Å². The van der Waals surface area contributed by atoms with E-state index in [4.69, 9.17) is 9.47 Å². The summed E-state index contributed by atoms with van der Waals surface area (Å²) < 4.78 is 11.4. The standard InChI is InChI=1S/C17H22N2O4/c1-13(20)14-3-2-4-15(11-14)18-16(21)12-19-7-5-17(6-8-19)22-9-10-23-17/h2-4,11H,5-10,12H2,1H3,(H,18,21). The number of carbonyl (C=O) groups excluding carboxylic acids is 2. The van der Waals surface area contributed by atoms with E-state index in [2.05, 4.69) is 10.2 Å². The molecule has 0 radical (unpaired) electrons. The van der Waals surface area contributed by atoms with Gasteiger partial charge in [0.25, 0.3) is 0 Å². The van der Waals surface area contributed by atoms with Gasteiger partial charge >= 0.3 is 0 Å². The van der Waals surface area contributed by atoms with Crippen LogP contribution in [0.3, 0.4) is 0 Å². The number of rotatable bonds is 4. The maximum Gasteiger partial charge on any atom is 0.238 e. The van der Waals surface area contributed by atoms with E-state index in [0.29, 0.717) is 31.0 Å². The molecule has 0 aromatic heterocycles. The number of hydrogen-bond donors (Lipinski definition) is 1. The summed E-state index contributed by atoms with van der Waals surface area (Å²) in [6, 6.07) is 7.00. The third kappa shape index (κ3) is 3.96. The van der Waals surface area contributed by atoms with Crippen LogP contribution in [-0.2, 0) is 14.3 Å². The molecule has 1 aromatic rings. The summed E-state index contributed by atoms with van der Waals surface area (Å²) in [6.07, 6.45) is 1.58. The number of amides is 1. The molecule has 2 aliphatic heterocycles. The molecule has 1 N–H and O–H groups in total. The van der Waals surface area contributed by atoms with Crippen LogP contribution < -0.4 is 5.32 Å². The van der Waals surface area contributed by atoms with Crippen LogP contribution in [0.2, 0.25) is 0 Å². The van der Waals surface area contributed by atoms with Gasteiger partial charge in [-0.25, -0.2) is 0 Å². The van der Waals surface area contributed by atoms with Gasteiger partial charge in [-0.3, -0.25) is 14.5 Å². The Labute approximate surface area is 135 Å². The second kappa shape index (κ2) is 6.78. The van der Waals surface area contributed by atoms with Gasteiger partial charge in [0.15, 0.2) is 11.6 Å². The predicted octanol–water partition coefficient (Wildman–Crippen LogP) is 1.67. The van der Waals surface area contributed by atoms with Crippen molar-refractivity contribution in [3.05, 3.63) is 29.8 Å². The van der Waals surface area contributed by atoms with Crippen molar-refractivity contribution in [1.82, 2.24) is 4.90 Å². The molecule has 1 amide bonds. The van der Waals surface area contributed by atoms with Gasteiger partial charge in [-0.15, -0.1) is 0 Å². The van der Waals surface area contributed by atoms with Gasteiger partial charge in [0.2, 0.25) is 5.91 Å². The second-order valence-electron chi connectivity index (χ2n) is 6.07. The molecule has 0 unspecified atom stereocenters. The molecule has 124 valence electrons. The lowest BCUT2D eigenvalue weighted by Crippen LogP contribution is -2.47. The fourth-order valence-electron chi connectivity index (χ4n) is 3.06. The zero-order valence-corrected chi connectivity index (χ0v) is 13.3. The maximum atomic E-state index is 12.2. The second-order valence-corrected chi connectivity index (χ2v) is 6.07. The number of ketones is 1. The van der Waals surface area contributed by atoms with Gasteiger partial charge in [-0.1, -0.05) is 12.1 Å². The fraction of sp³-hybridized carbons (Fsp3) is 0.529. The van der Waals surface area contributed by atoms with E-state index in [1.165, 1.54) is 6.92 Å². The summed E-state index contributed by atoms with van der Waals surface area (Å²) in [5, 5.41) is 2.85. The van der Waals surface area contributed by atoms with Gasteiger partial charge in [0.1, 0.15) is 0 Å². The van der Waals surface area contributed by atoms with E-state index in [0.717, 1.165) is 25.9 Å². The Morgan fingerprint density at radius 3 is 2.57 bits per heavy atom. The summed E-state index contributed by atoms with van der Waals surface area (Å²) in [5.74, 6) is -0.503. The quantitative estimate of drug-likeness (QED) is 0.855. The average Bonchev–Trinajstić information content (AvgIpc) is 2.98. The van der Waals surface area contributed by atoms with E-state index in [-0.39, 0.29) is 11.7 Å². The number of nitrogens with one attached hydrogen (secondary N) is 1. The minimum Gasteiger partial charge on any atom is -0.347 e. The Morgan fingerprint density at radius 1 is 1.22 bits per heavy atom. The highest BCUT2D eigenvalue weighted by Gasteiger charge is 2.39. The number of anilines is 1. The van der Waals surface area contributed by atoms with Crippen LogP contribution in [0, 0.1) is 0 Å². The monoisotopic (exact) mass is 318 g/mol. The number of piperidine rings is 1. The van der Waals surface area contributed by atoms with Crippen molar-refractivity contribution in [3.63, 3.8) is 0 Å². The first-order valence-electron chi connectivity index (χ1n) is 7.97. The molecule has 0 aliphatic carbocycles. The molecule has 2 aliphatic rings. The molecule has 6 heteroatoms. The Kier molecular flexibility index (Phi) is 4.75. The van der Waals surface area contributed by atoms with Crippen LogP contribution >= 0.6 is 0 Å². The van der Waals surface area contributed by atoms with E-state index >= 15 is 0 Å². The van der Waals surface area contributed by atoms with Crippen molar-refractivity contribution in [2.45, 2.75) is 25.6 Å². The lowest BCUT2D eigenvalue weighted by atomic mass is 10.0. The third-order valence-electron chi connectivity index (χ3n) is 4.35. The molecule has 6 nitrogen and oxygen atoms in total. The number of nitrogens with zero attached hydrogens (tertiary/aromatic N) is 1. The highest BCUT2D eigenvalue weighted by molar-refractivity contribution is 5.97. The molecule has 2 fully saturated rings. The van der Waals surface area contributed by atoms with Crippen LogP contribution in [-0.4, -0.2) is 55.2 Å². The van der Waals surface area contributed by atoms with Crippen molar-refractivity contribution in [2.24, 2.45) is 0 Å². The molecular formula is C17H22N2O4. The third-order valence-corrected chi connectivity index (χ3v) is 4.35. The zero-order chi connectivity index (χ0) is 16.3. The van der Waals surface area contributed by atoms with E-state index in [1.54, 1.807) is 24.3 Å². The van der Waals surface area contributed by atoms with E-state index < -0.39 is 5.79 Å². The molecule has 2 saturated heterocycles. The van der Waals surface area contributed by atoms with Crippen molar-refractivity contribution in [3.8, 4) is 0 Å². The molecule has 2 heterocycles. The summed E-state index contributed by atoms with van der Waals surface area (Å²) in [6.45, 7) is 4.72. The molecule has 0 saturated carbocycles. The van der Waals surface area contributed by atoms with Gasteiger partial charge in [-0.2, -0.15) is 0 Å². The number of benzene rings is 1. The SMILES string of the molecule is CC(=O)c1cccc(NC(=O)CN2CCC3(CC2)OCCO3)c1. The minimum atomic E-state index is -0.414. The van der Waals surface area contributed by atoms with Crippen molar-refractivity contribution in [1.29, 1.82) is 0 Å². The zero-order valence-electron chi connectivity index (χ0n) is 13.3. The summed E-state index contributed by atoms with van der Waals surface area (Å²) in [4.78, 5) is 25.7. The molecule has 1 aromatic carbocycles. The first-order valence-corrected chi connectivity index (χ1v) is 7.97. The first-order chi connectivity index (χ1) is 11.1. The average molecular weight is 318 g/mol. The summed E-state index contributed by atoms with van der Waals surface area (Å²) >= 11 is 0. The number of ether oxygens (including phenoxy) is 2. The maximum absolute atomic E-state index is 12.2. The van der Waals surface area contributed by atoms with Crippen LogP contribution in [0.25, 0.3) is 0 Å². The normalized spacial score (nSPS) is 20.6. The molecule has 0 bridgehead atoms. The Balaban J connectivity index is 1.50. The van der Waals surface area contributed by atoms with Gasteiger partial charge in [-0.05, 0) is 19.1 Å². The molecule has 3 rings (SSSR count). The number of carbonyl (C=O) groups is 2. The summed E-state index contributed by atoms with van der Waals surface area (Å²) in [7, 11) is 0. The van der Waals surface area contributed by atoms with Crippen LogP contribution in [0.1, 0.15) is 30.1 Å². The Hall–Kier alpha value is -1.76. The van der Waals surface area contributed by atoms with Crippen molar-refractivity contribution < 1.29 is 19.1 Å². The lowest BCUT2D eigenvalue weighted by molar-refractivity contribution is -0.185. The highest BCUT2D eigenvalue weighted by atomic mass is 16.7. The van der Waals surface area contributed by atoms with Crippen LogP contribution in [0.5, 0.6) is 0 Å². The smallest absolute Gasteiger partial charge is 0.238 e. The van der Waals surface area contributed by atoms with Gasteiger partial charge in [0.05, 0.1) is 19.8 Å². The molecule has 0 atom stereocenters.